The Kier molecular flexibility index (Phi) is 3.98. The highest BCUT2D eigenvalue weighted by atomic mass is 79.9. The van der Waals surface area contributed by atoms with Crippen LogP contribution in [0.15, 0.2) is 71.3 Å². The maximum atomic E-state index is 5.52. The topological polar surface area (TPSA) is 35.8 Å². The number of fused-ring (bicyclic) bond motifs is 5. The molecule has 0 aliphatic carbocycles. The summed E-state index contributed by atoms with van der Waals surface area (Å²) in [4.78, 5) is 5.02. The second kappa shape index (κ2) is 6.53. The van der Waals surface area contributed by atoms with Gasteiger partial charge in [0, 0.05) is 32.5 Å². The van der Waals surface area contributed by atoms with Crippen molar-refractivity contribution in [3.63, 3.8) is 0 Å². The summed E-state index contributed by atoms with van der Waals surface area (Å²) in [5, 5.41) is 2.31. The molecule has 0 amide bonds. The Morgan fingerprint density at radius 1 is 0.857 bits per heavy atom. The molecular formula is C23H17BrN2O2. The van der Waals surface area contributed by atoms with E-state index in [2.05, 4.69) is 62.9 Å². The number of benzene rings is 2. The summed E-state index contributed by atoms with van der Waals surface area (Å²) < 4.78 is 14.1. The van der Waals surface area contributed by atoms with Gasteiger partial charge in [-0.1, -0.05) is 18.2 Å². The predicted octanol–water partition coefficient (Wildman–Crippen LogP) is 6.09. The van der Waals surface area contributed by atoms with Crippen LogP contribution < -0.4 is 9.47 Å². The Morgan fingerprint density at radius 3 is 2.50 bits per heavy atom. The van der Waals surface area contributed by atoms with Gasteiger partial charge in [-0.05, 0) is 58.4 Å². The van der Waals surface area contributed by atoms with Gasteiger partial charge < -0.3 is 13.9 Å². The Balaban J connectivity index is 1.94. The number of rotatable bonds is 3. The Bertz CT molecular complexity index is 1360. The molecule has 28 heavy (non-hydrogen) atoms. The van der Waals surface area contributed by atoms with Crippen LogP contribution in [0.4, 0.5) is 0 Å². The number of ether oxygens (including phenoxy) is 2. The number of hydrogen-bond acceptors (Lipinski definition) is 3. The molecular weight excluding hydrogens is 416 g/mol. The minimum atomic E-state index is 0.685. The lowest BCUT2D eigenvalue weighted by atomic mass is 10.0. The van der Waals surface area contributed by atoms with Crippen LogP contribution in [-0.4, -0.2) is 23.6 Å². The van der Waals surface area contributed by atoms with Gasteiger partial charge in [-0.25, -0.2) is 4.98 Å². The van der Waals surface area contributed by atoms with Crippen molar-refractivity contribution in [3.05, 3.63) is 71.3 Å². The van der Waals surface area contributed by atoms with Crippen LogP contribution in [0.1, 0.15) is 0 Å². The summed E-state index contributed by atoms with van der Waals surface area (Å²) in [6.45, 7) is 0. The van der Waals surface area contributed by atoms with Gasteiger partial charge in [0.1, 0.15) is 0 Å². The molecule has 0 saturated carbocycles. The quantitative estimate of drug-likeness (QED) is 0.346. The van der Waals surface area contributed by atoms with E-state index in [1.807, 2.05) is 24.3 Å². The van der Waals surface area contributed by atoms with Crippen LogP contribution in [0, 0.1) is 0 Å². The van der Waals surface area contributed by atoms with E-state index in [0.29, 0.717) is 11.5 Å². The first-order valence-electron chi connectivity index (χ1n) is 8.91. The number of halogens is 1. The van der Waals surface area contributed by atoms with Crippen molar-refractivity contribution in [2.45, 2.75) is 0 Å². The summed E-state index contributed by atoms with van der Waals surface area (Å²) in [5.74, 6) is 1.39. The Labute approximate surface area is 170 Å². The fraction of sp³-hybridized carbons (Fsp3) is 0.0870. The number of para-hydroxylation sites is 1. The van der Waals surface area contributed by atoms with E-state index in [1.54, 1.807) is 14.2 Å². The molecule has 5 rings (SSSR count). The molecule has 3 heterocycles. The van der Waals surface area contributed by atoms with Gasteiger partial charge >= 0.3 is 0 Å². The SMILES string of the molecule is COc1ccc(-c2nc3ccccc3c3cc4ccc(Br)cn4c23)cc1OC. The third-order valence-corrected chi connectivity index (χ3v) is 5.51. The van der Waals surface area contributed by atoms with Gasteiger partial charge in [0.05, 0.1) is 30.9 Å². The van der Waals surface area contributed by atoms with E-state index in [9.17, 15) is 0 Å². The lowest BCUT2D eigenvalue weighted by molar-refractivity contribution is 0.355. The average Bonchev–Trinajstić information content (AvgIpc) is 3.11. The number of methoxy groups -OCH3 is 2. The van der Waals surface area contributed by atoms with E-state index in [0.717, 1.165) is 37.7 Å². The monoisotopic (exact) mass is 432 g/mol. The van der Waals surface area contributed by atoms with E-state index in [1.165, 1.54) is 5.39 Å². The molecule has 5 aromatic rings. The molecule has 0 aliphatic rings. The van der Waals surface area contributed by atoms with Crippen molar-refractivity contribution >= 4 is 43.3 Å². The minimum absolute atomic E-state index is 0.685. The lowest BCUT2D eigenvalue weighted by Gasteiger charge is -2.12. The van der Waals surface area contributed by atoms with Gasteiger partial charge in [-0.3, -0.25) is 0 Å². The number of nitrogens with zero attached hydrogens (tertiary/aromatic N) is 2. The van der Waals surface area contributed by atoms with E-state index in [4.69, 9.17) is 14.5 Å². The zero-order valence-corrected chi connectivity index (χ0v) is 17.0. The highest BCUT2D eigenvalue weighted by Gasteiger charge is 2.16. The molecule has 4 nitrogen and oxygen atoms in total. The molecule has 0 saturated heterocycles. The van der Waals surface area contributed by atoms with Crippen molar-refractivity contribution in [2.24, 2.45) is 0 Å². The van der Waals surface area contributed by atoms with Gasteiger partial charge in [-0.2, -0.15) is 0 Å². The molecule has 2 aromatic carbocycles. The largest absolute Gasteiger partial charge is 0.493 e. The summed E-state index contributed by atoms with van der Waals surface area (Å²) in [7, 11) is 3.29. The van der Waals surface area contributed by atoms with Crippen LogP contribution in [0.2, 0.25) is 0 Å². The second-order valence-corrected chi connectivity index (χ2v) is 7.51. The summed E-state index contributed by atoms with van der Waals surface area (Å²) in [5.41, 5.74) is 5.05. The highest BCUT2D eigenvalue weighted by Crippen LogP contribution is 2.38. The zero-order valence-electron chi connectivity index (χ0n) is 15.4. The molecule has 3 aromatic heterocycles. The predicted molar refractivity (Wildman–Crippen MR) is 116 cm³/mol. The Hall–Kier alpha value is -3.05. The normalized spacial score (nSPS) is 11.4. The molecule has 0 spiro atoms. The maximum absolute atomic E-state index is 5.52. The number of hydrogen-bond donors (Lipinski definition) is 0. The summed E-state index contributed by atoms with van der Waals surface area (Å²) >= 11 is 3.60. The Morgan fingerprint density at radius 2 is 1.68 bits per heavy atom. The van der Waals surface area contributed by atoms with E-state index >= 15 is 0 Å². The third-order valence-electron chi connectivity index (χ3n) is 5.04. The van der Waals surface area contributed by atoms with Crippen LogP contribution in [0.5, 0.6) is 11.5 Å². The van der Waals surface area contributed by atoms with Crippen LogP contribution in [0.25, 0.3) is 38.6 Å². The fourth-order valence-electron chi connectivity index (χ4n) is 3.75. The fourth-order valence-corrected chi connectivity index (χ4v) is 4.08. The molecule has 0 atom stereocenters. The van der Waals surface area contributed by atoms with Crippen LogP contribution in [0.3, 0.4) is 0 Å². The van der Waals surface area contributed by atoms with Gasteiger partial charge in [0.2, 0.25) is 0 Å². The number of aromatic nitrogens is 2. The smallest absolute Gasteiger partial charge is 0.161 e. The van der Waals surface area contributed by atoms with Crippen molar-refractivity contribution in [3.8, 4) is 22.8 Å². The third kappa shape index (κ3) is 2.54. The van der Waals surface area contributed by atoms with Gasteiger partial charge in [0.25, 0.3) is 0 Å². The molecule has 0 aliphatic heterocycles. The summed E-state index contributed by atoms with van der Waals surface area (Å²) in [6, 6.07) is 20.6. The van der Waals surface area contributed by atoms with Gasteiger partial charge in [-0.15, -0.1) is 0 Å². The maximum Gasteiger partial charge on any atom is 0.161 e. The lowest BCUT2D eigenvalue weighted by Crippen LogP contribution is -1.94. The minimum Gasteiger partial charge on any atom is -0.493 e. The first-order valence-corrected chi connectivity index (χ1v) is 9.70. The second-order valence-electron chi connectivity index (χ2n) is 6.60. The van der Waals surface area contributed by atoms with Crippen molar-refractivity contribution in [1.82, 2.24) is 9.38 Å². The van der Waals surface area contributed by atoms with Crippen molar-refractivity contribution in [1.29, 1.82) is 0 Å². The van der Waals surface area contributed by atoms with Crippen LogP contribution in [-0.2, 0) is 0 Å². The zero-order chi connectivity index (χ0) is 19.3. The molecule has 5 heteroatoms. The molecule has 0 bridgehead atoms. The first kappa shape index (κ1) is 17.1. The molecule has 0 unspecified atom stereocenters. The van der Waals surface area contributed by atoms with Gasteiger partial charge in [0.15, 0.2) is 11.5 Å². The molecule has 0 N–H and O–H groups in total. The summed E-state index contributed by atoms with van der Waals surface area (Å²) in [6.07, 6.45) is 2.08. The van der Waals surface area contributed by atoms with E-state index < -0.39 is 0 Å². The van der Waals surface area contributed by atoms with Crippen molar-refractivity contribution < 1.29 is 9.47 Å². The molecule has 138 valence electrons. The van der Waals surface area contributed by atoms with E-state index in [-0.39, 0.29) is 0 Å². The first-order chi connectivity index (χ1) is 13.7. The molecule has 0 fully saturated rings. The van der Waals surface area contributed by atoms with Crippen molar-refractivity contribution in [2.75, 3.05) is 14.2 Å². The average molecular weight is 433 g/mol. The number of pyridine rings is 2. The highest BCUT2D eigenvalue weighted by molar-refractivity contribution is 9.10. The molecule has 0 radical (unpaired) electrons. The van der Waals surface area contributed by atoms with Crippen LogP contribution >= 0.6 is 15.9 Å². The standard InChI is InChI=1S/C23H17BrN2O2/c1-27-20-10-7-14(11-21(20)28-2)22-23-18(17-5-3-4-6-19(17)25-22)12-16-9-8-15(24)13-26(16)23/h3-13H,1-2H3.